The third kappa shape index (κ3) is 3.03. The summed E-state index contributed by atoms with van der Waals surface area (Å²) in [6, 6.07) is 5.13. The fourth-order valence-electron chi connectivity index (χ4n) is 1.57. The summed E-state index contributed by atoms with van der Waals surface area (Å²) in [6.45, 7) is 1.38. The molecule has 18 heavy (non-hydrogen) atoms. The molecule has 98 valence electrons. The van der Waals surface area contributed by atoms with E-state index in [1.807, 2.05) is 0 Å². The molecular weight excluding hydrogens is 321 g/mol. The summed E-state index contributed by atoms with van der Waals surface area (Å²) in [5, 5.41) is 12.0. The minimum Gasteiger partial charge on any atom is -0.480 e. The lowest BCUT2D eigenvalue weighted by Crippen LogP contribution is -2.44. The molecule has 0 saturated heterocycles. The number of hydrogen-bond acceptors (Lipinski definition) is 2. The van der Waals surface area contributed by atoms with E-state index < -0.39 is 17.3 Å². The number of rotatable bonds is 4. The van der Waals surface area contributed by atoms with Gasteiger partial charge in [0.25, 0.3) is 0 Å². The number of amides is 1. The van der Waals surface area contributed by atoms with E-state index in [9.17, 15) is 14.7 Å². The summed E-state index contributed by atoms with van der Waals surface area (Å²) in [5.41, 5.74) is -0.917. The topological polar surface area (TPSA) is 66.4 Å². The van der Waals surface area contributed by atoms with Crippen LogP contribution in [0.25, 0.3) is 0 Å². The predicted octanol–water partition coefficient (Wildman–Crippen LogP) is 2.48. The second-order valence-electron chi connectivity index (χ2n) is 4.13. The number of benzene rings is 1. The zero-order valence-corrected chi connectivity index (χ0v) is 12.3. The highest BCUT2D eigenvalue weighted by atomic mass is 79.9. The number of halogens is 2. The maximum atomic E-state index is 11.7. The lowest BCUT2D eigenvalue weighted by molar-refractivity contribution is -0.154. The molecule has 1 atom stereocenters. The molecular formula is C12H13BrClNO3. The van der Waals surface area contributed by atoms with Gasteiger partial charge in [-0.1, -0.05) is 33.6 Å². The molecule has 2 N–H and O–H groups in total. The highest BCUT2D eigenvalue weighted by molar-refractivity contribution is 9.10. The minimum atomic E-state index is -1.54. The average molecular weight is 335 g/mol. The fourth-order valence-corrected chi connectivity index (χ4v) is 2.32. The third-order valence-corrected chi connectivity index (χ3v) is 3.60. The van der Waals surface area contributed by atoms with Crippen molar-refractivity contribution in [3.63, 3.8) is 0 Å². The highest BCUT2D eigenvalue weighted by Crippen LogP contribution is 2.29. The van der Waals surface area contributed by atoms with Crippen LogP contribution in [0.2, 0.25) is 5.02 Å². The normalized spacial score (nSPS) is 13.8. The summed E-state index contributed by atoms with van der Waals surface area (Å²) in [5.74, 6) is -1.73. The van der Waals surface area contributed by atoms with E-state index in [1.54, 1.807) is 18.2 Å². The maximum absolute atomic E-state index is 11.7. The number of aliphatic carboxylic acids is 1. The number of carbonyl (C=O) groups excluding carboxylic acids is 1. The van der Waals surface area contributed by atoms with Crippen molar-refractivity contribution in [2.75, 3.05) is 7.05 Å². The van der Waals surface area contributed by atoms with Gasteiger partial charge < -0.3 is 10.4 Å². The average Bonchev–Trinajstić information content (AvgIpc) is 2.31. The zero-order chi connectivity index (χ0) is 13.9. The smallest absolute Gasteiger partial charge is 0.319 e. The first kappa shape index (κ1) is 15.0. The minimum absolute atomic E-state index is 0.0358. The Hall–Kier alpha value is -1.07. The predicted molar refractivity (Wildman–Crippen MR) is 72.7 cm³/mol. The number of carboxylic acid groups (broad SMARTS) is 1. The van der Waals surface area contributed by atoms with Gasteiger partial charge in [0.2, 0.25) is 5.91 Å². The van der Waals surface area contributed by atoms with Crippen LogP contribution in [0.4, 0.5) is 0 Å². The lowest BCUT2D eigenvalue weighted by Gasteiger charge is -2.23. The molecule has 6 heteroatoms. The van der Waals surface area contributed by atoms with E-state index in [-0.39, 0.29) is 6.42 Å². The molecule has 0 radical (unpaired) electrons. The van der Waals surface area contributed by atoms with Gasteiger partial charge in [0.05, 0.1) is 0 Å². The van der Waals surface area contributed by atoms with Crippen molar-refractivity contribution in [3.8, 4) is 0 Å². The maximum Gasteiger partial charge on any atom is 0.319 e. The van der Waals surface area contributed by atoms with Crippen LogP contribution in [-0.4, -0.2) is 24.0 Å². The van der Waals surface area contributed by atoms with Gasteiger partial charge in [-0.2, -0.15) is 0 Å². The Kier molecular flexibility index (Phi) is 4.76. The molecule has 0 bridgehead atoms. The SMILES string of the molecule is CNC(=O)C(C)(Cc1ccc(Br)cc1Cl)C(=O)O. The van der Waals surface area contributed by atoms with E-state index in [0.717, 1.165) is 4.47 Å². The van der Waals surface area contributed by atoms with Gasteiger partial charge in [0, 0.05) is 16.5 Å². The molecule has 1 rings (SSSR count). The van der Waals surface area contributed by atoms with Crippen LogP contribution in [0.15, 0.2) is 22.7 Å². The molecule has 4 nitrogen and oxygen atoms in total. The van der Waals surface area contributed by atoms with E-state index in [0.29, 0.717) is 10.6 Å². The Labute approximate surface area is 118 Å². The van der Waals surface area contributed by atoms with Crippen molar-refractivity contribution in [1.82, 2.24) is 5.32 Å². The van der Waals surface area contributed by atoms with Gasteiger partial charge in [0.15, 0.2) is 0 Å². The number of nitrogens with one attached hydrogen (secondary N) is 1. The lowest BCUT2D eigenvalue weighted by atomic mass is 9.82. The summed E-state index contributed by atoms with van der Waals surface area (Å²) >= 11 is 9.30. The molecule has 0 saturated carbocycles. The molecule has 0 fully saturated rings. The Morgan fingerprint density at radius 3 is 2.56 bits per heavy atom. The highest BCUT2D eigenvalue weighted by Gasteiger charge is 2.41. The Bertz CT molecular complexity index is 492. The van der Waals surface area contributed by atoms with Crippen molar-refractivity contribution >= 4 is 39.4 Å². The molecule has 0 aliphatic carbocycles. The van der Waals surface area contributed by atoms with Crippen LogP contribution in [0.5, 0.6) is 0 Å². The second-order valence-corrected chi connectivity index (χ2v) is 5.45. The van der Waals surface area contributed by atoms with Crippen molar-refractivity contribution in [2.45, 2.75) is 13.3 Å². The first-order valence-electron chi connectivity index (χ1n) is 5.20. The number of carboxylic acids is 1. The van der Waals surface area contributed by atoms with Gasteiger partial charge in [-0.25, -0.2) is 0 Å². The monoisotopic (exact) mass is 333 g/mol. The van der Waals surface area contributed by atoms with Crippen LogP contribution < -0.4 is 5.32 Å². The van der Waals surface area contributed by atoms with Crippen LogP contribution >= 0.6 is 27.5 Å². The van der Waals surface area contributed by atoms with E-state index in [4.69, 9.17) is 11.6 Å². The Morgan fingerprint density at radius 2 is 2.11 bits per heavy atom. The van der Waals surface area contributed by atoms with Gasteiger partial charge >= 0.3 is 5.97 Å². The zero-order valence-electron chi connectivity index (χ0n) is 9.96. The fraction of sp³-hybridized carbons (Fsp3) is 0.333. The first-order valence-corrected chi connectivity index (χ1v) is 6.38. The van der Waals surface area contributed by atoms with Crippen LogP contribution in [0.3, 0.4) is 0 Å². The van der Waals surface area contributed by atoms with Gasteiger partial charge in [-0.15, -0.1) is 0 Å². The quantitative estimate of drug-likeness (QED) is 0.831. The molecule has 0 aliphatic rings. The molecule has 0 aliphatic heterocycles. The molecule has 0 spiro atoms. The summed E-state index contributed by atoms with van der Waals surface area (Å²) < 4.78 is 0.799. The molecule has 1 unspecified atom stereocenters. The standard InChI is InChI=1S/C12H13BrClNO3/c1-12(11(17)18,10(16)15-2)6-7-3-4-8(13)5-9(7)14/h3-5H,6H2,1-2H3,(H,15,16)(H,17,18). The molecule has 1 aromatic rings. The van der Waals surface area contributed by atoms with Crippen molar-refractivity contribution in [3.05, 3.63) is 33.3 Å². The molecule has 1 aromatic carbocycles. The summed E-state index contributed by atoms with van der Waals surface area (Å²) in [6.07, 6.45) is 0.0358. The van der Waals surface area contributed by atoms with Crippen molar-refractivity contribution in [2.24, 2.45) is 5.41 Å². The second kappa shape index (κ2) is 5.71. The van der Waals surface area contributed by atoms with Crippen molar-refractivity contribution < 1.29 is 14.7 Å². The van der Waals surface area contributed by atoms with Gasteiger partial charge in [-0.3, -0.25) is 9.59 Å². The van der Waals surface area contributed by atoms with Gasteiger partial charge in [-0.05, 0) is 31.0 Å². The summed E-state index contributed by atoms with van der Waals surface area (Å²) in [7, 11) is 1.41. The Morgan fingerprint density at radius 1 is 1.50 bits per heavy atom. The summed E-state index contributed by atoms with van der Waals surface area (Å²) in [4.78, 5) is 23.0. The molecule has 1 amide bonds. The largest absolute Gasteiger partial charge is 0.480 e. The van der Waals surface area contributed by atoms with Crippen LogP contribution in [-0.2, 0) is 16.0 Å². The van der Waals surface area contributed by atoms with Crippen LogP contribution in [0, 0.1) is 5.41 Å². The van der Waals surface area contributed by atoms with E-state index in [1.165, 1.54) is 14.0 Å². The van der Waals surface area contributed by atoms with Crippen LogP contribution in [0.1, 0.15) is 12.5 Å². The van der Waals surface area contributed by atoms with E-state index >= 15 is 0 Å². The molecule has 0 aromatic heterocycles. The number of carbonyl (C=O) groups is 2. The first-order chi connectivity index (χ1) is 8.31. The third-order valence-electron chi connectivity index (χ3n) is 2.76. The van der Waals surface area contributed by atoms with Crippen molar-refractivity contribution in [1.29, 1.82) is 0 Å². The van der Waals surface area contributed by atoms with E-state index in [2.05, 4.69) is 21.2 Å². The van der Waals surface area contributed by atoms with Gasteiger partial charge in [0.1, 0.15) is 5.41 Å². The molecule has 0 heterocycles. The number of hydrogen-bond donors (Lipinski definition) is 2. The Balaban J connectivity index is 3.12.